The molecular weight excluding hydrogens is 420 g/mol. The Labute approximate surface area is 162 Å². The van der Waals surface area contributed by atoms with Gasteiger partial charge in [0.05, 0.1) is 17.1 Å². The topological polar surface area (TPSA) is 84.5 Å². The quantitative estimate of drug-likeness (QED) is 0.617. The van der Waals surface area contributed by atoms with Gasteiger partial charge in [-0.25, -0.2) is 13.1 Å². The number of halogens is 1. The lowest BCUT2D eigenvalue weighted by molar-refractivity contribution is 0.102. The molecule has 0 heterocycles. The van der Waals surface area contributed by atoms with Crippen molar-refractivity contribution in [2.75, 3.05) is 25.6 Å². The van der Waals surface area contributed by atoms with Crippen molar-refractivity contribution in [1.82, 2.24) is 4.72 Å². The van der Waals surface area contributed by atoms with E-state index < -0.39 is 15.9 Å². The number of nitrogens with one attached hydrogen (secondary N) is 2. The first kappa shape index (κ1) is 20.6. The number of rotatable bonds is 8. The van der Waals surface area contributed by atoms with Crippen molar-refractivity contribution in [3.8, 4) is 0 Å². The fourth-order valence-corrected chi connectivity index (χ4v) is 3.69. The third-order valence-electron chi connectivity index (χ3n) is 3.71. The summed E-state index contributed by atoms with van der Waals surface area (Å²) in [6, 6.07) is 11.8. The molecule has 0 atom stereocenters. The molecule has 0 bridgehead atoms. The number of carbonyl (C=O) groups is 1. The highest BCUT2D eigenvalue weighted by Gasteiger charge is 2.18. The average molecular weight is 441 g/mol. The first-order valence-corrected chi connectivity index (χ1v) is 10.3. The number of hydrogen-bond acceptors (Lipinski definition) is 4. The van der Waals surface area contributed by atoms with Crippen LogP contribution >= 0.6 is 15.9 Å². The van der Waals surface area contributed by atoms with Crippen LogP contribution in [0.2, 0.25) is 0 Å². The van der Waals surface area contributed by atoms with Gasteiger partial charge in [0.2, 0.25) is 10.0 Å². The lowest BCUT2D eigenvalue weighted by Crippen LogP contribution is -2.27. The van der Waals surface area contributed by atoms with Crippen molar-refractivity contribution in [1.29, 1.82) is 0 Å². The lowest BCUT2D eigenvalue weighted by atomic mass is 10.1. The normalized spacial score (nSPS) is 11.3. The molecule has 0 spiro atoms. The van der Waals surface area contributed by atoms with Gasteiger partial charge in [0.15, 0.2) is 0 Å². The summed E-state index contributed by atoms with van der Waals surface area (Å²) in [6.45, 7) is 2.47. The molecule has 2 rings (SSSR count). The fraction of sp³-hybridized carbons (Fsp3) is 0.278. The van der Waals surface area contributed by atoms with Gasteiger partial charge in [-0.15, -0.1) is 0 Å². The molecule has 0 saturated heterocycles. The summed E-state index contributed by atoms with van der Waals surface area (Å²) in [6.07, 6.45) is 0.912. The number of amides is 1. The number of methoxy groups -OCH3 is 1. The molecule has 0 saturated carbocycles. The summed E-state index contributed by atoms with van der Waals surface area (Å²) < 4.78 is 32.4. The molecule has 8 heteroatoms. The van der Waals surface area contributed by atoms with Crippen LogP contribution in [0, 0.1) is 0 Å². The summed E-state index contributed by atoms with van der Waals surface area (Å²) in [5, 5.41) is 2.78. The summed E-state index contributed by atoms with van der Waals surface area (Å²) in [7, 11) is -2.23. The molecule has 140 valence electrons. The van der Waals surface area contributed by atoms with E-state index in [1.807, 2.05) is 24.3 Å². The Bertz CT molecular complexity index is 867. The number of benzene rings is 2. The third kappa shape index (κ3) is 5.38. The van der Waals surface area contributed by atoms with E-state index in [0.717, 1.165) is 6.42 Å². The summed E-state index contributed by atoms with van der Waals surface area (Å²) in [4.78, 5) is 12.6. The molecule has 26 heavy (non-hydrogen) atoms. The van der Waals surface area contributed by atoms with Crippen molar-refractivity contribution >= 4 is 37.5 Å². The Kier molecular flexibility index (Phi) is 7.33. The number of hydrogen-bond donors (Lipinski definition) is 2. The molecule has 0 aliphatic carbocycles. The number of ether oxygens (including phenoxy) is 1. The van der Waals surface area contributed by atoms with Crippen LogP contribution in [0.3, 0.4) is 0 Å². The first-order valence-electron chi connectivity index (χ1n) is 8.06. The molecule has 6 nitrogen and oxygen atoms in total. The highest BCUT2D eigenvalue weighted by molar-refractivity contribution is 9.10. The Morgan fingerprint density at radius 2 is 1.85 bits per heavy atom. The van der Waals surface area contributed by atoms with Crippen LogP contribution in [-0.2, 0) is 21.2 Å². The van der Waals surface area contributed by atoms with Gasteiger partial charge in [0.25, 0.3) is 5.91 Å². The summed E-state index contributed by atoms with van der Waals surface area (Å²) in [5.41, 5.74) is 2.05. The molecule has 0 unspecified atom stereocenters. The zero-order valence-electron chi connectivity index (χ0n) is 14.6. The molecule has 2 aromatic rings. The Balaban J connectivity index is 2.21. The van der Waals surface area contributed by atoms with Crippen LogP contribution in [0.1, 0.15) is 22.8 Å². The lowest BCUT2D eigenvalue weighted by Gasteiger charge is -2.11. The van der Waals surface area contributed by atoms with Gasteiger partial charge >= 0.3 is 0 Å². The highest BCUT2D eigenvalue weighted by Crippen LogP contribution is 2.22. The van der Waals surface area contributed by atoms with Gasteiger partial charge in [-0.1, -0.05) is 19.1 Å². The SMILES string of the molecule is CCc1ccc(NC(=O)c2cc(S(=O)(=O)NCCOC)ccc2Br)cc1. The van der Waals surface area contributed by atoms with Gasteiger partial charge in [-0.2, -0.15) is 0 Å². The van der Waals surface area contributed by atoms with E-state index in [1.54, 1.807) is 6.07 Å². The molecule has 0 fully saturated rings. The van der Waals surface area contributed by atoms with Crippen molar-refractivity contribution in [3.05, 3.63) is 58.1 Å². The second-order valence-corrected chi connectivity index (χ2v) is 8.16. The molecule has 1 amide bonds. The number of aryl methyl sites for hydroxylation is 1. The van der Waals surface area contributed by atoms with Gasteiger partial charge in [0.1, 0.15) is 0 Å². The first-order chi connectivity index (χ1) is 12.4. The molecule has 0 radical (unpaired) electrons. The van der Waals surface area contributed by atoms with Gasteiger partial charge < -0.3 is 10.1 Å². The zero-order valence-corrected chi connectivity index (χ0v) is 17.0. The standard InChI is InChI=1S/C18H21BrN2O4S/c1-3-13-4-6-14(7-5-13)21-18(22)16-12-15(8-9-17(16)19)26(23,24)20-10-11-25-2/h4-9,12,20H,3,10-11H2,1-2H3,(H,21,22). The largest absolute Gasteiger partial charge is 0.383 e. The maximum atomic E-state index is 12.6. The van der Waals surface area contributed by atoms with Crippen LogP contribution in [-0.4, -0.2) is 34.6 Å². The van der Waals surface area contributed by atoms with E-state index in [9.17, 15) is 13.2 Å². The van der Waals surface area contributed by atoms with Crippen LogP contribution in [0.4, 0.5) is 5.69 Å². The van der Waals surface area contributed by atoms with Crippen LogP contribution in [0.25, 0.3) is 0 Å². The molecule has 0 aliphatic heterocycles. The van der Waals surface area contributed by atoms with Crippen LogP contribution in [0.15, 0.2) is 51.8 Å². The predicted octanol–water partition coefficient (Wildman–Crippen LogP) is 3.19. The van der Waals surface area contributed by atoms with E-state index in [4.69, 9.17) is 4.74 Å². The number of sulfonamides is 1. The van der Waals surface area contributed by atoms with Gasteiger partial charge in [-0.05, 0) is 58.2 Å². The monoisotopic (exact) mass is 440 g/mol. The van der Waals surface area contributed by atoms with Crippen molar-refractivity contribution in [2.45, 2.75) is 18.2 Å². The zero-order chi connectivity index (χ0) is 19.2. The van der Waals surface area contributed by atoms with Gasteiger partial charge in [-0.3, -0.25) is 4.79 Å². The highest BCUT2D eigenvalue weighted by atomic mass is 79.9. The predicted molar refractivity (Wildman–Crippen MR) is 105 cm³/mol. The summed E-state index contributed by atoms with van der Waals surface area (Å²) >= 11 is 3.30. The van der Waals surface area contributed by atoms with Crippen molar-refractivity contribution < 1.29 is 17.9 Å². The molecular formula is C18H21BrN2O4S. The summed E-state index contributed by atoms with van der Waals surface area (Å²) in [5.74, 6) is -0.393. The maximum absolute atomic E-state index is 12.6. The van der Waals surface area contributed by atoms with Crippen molar-refractivity contribution in [2.24, 2.45) is 0 Å². The maximum Gasteiger partial charge on any atom is 0.256 e. The fourth-order valence-electron chi connectivity index (χ4n) is 2.23. The van der Waals surface area contributed by atoms with Crippen molar-refractivity contribution in [3.63, 3.8) is 0 Å². The molecule has 2 aromatic carbocycles. The van der Waals surface area contributed by atoms with E-state index in [2.05, 4.69) is 32.9 Å². The Hall–Kier alpha value is -1.74. The van der Waals surface area contributed by atoms with E-state index >= 15 is 0 Å². The second-order valence-electron chi connectivity index (χ2n) is 5.54. The van der Waals surface area contributed by atoms with E-state index in [1.165, 1.54) is 24.8 Å². The van der Waals surface area contributed by atoms with Crippen LogP contribution < -0.4 is 10.0 Å². The number of anilines is 1. The average Bonchev–Trinajstić information content (AvgIpc) is 2.62. The third-order valence-corrected chi connectivity index (χ3v) is 5.86. The molecule has 0 aliphatic rings. The minimum absolute atomic E-state index is 0.0169. The van der Waals surface area contributed by atoms with E-state index in [0.29, 0.717) is 10.2 Å². The molecule has 2 N–H and O–H groups in total. The second kappa shape index (κ2) is 9.27. The minimum atomic E-state index is -3.72. The Morgan fingerprint density at radius 3 is 2.46 bits per heavy atom. The van der Waals surface area contributed by atoms with Gasteiger partial charge in [0, 0.05) is 23.8 Å². The smallest absolute Gasteiger partial charge is 0.256 e. The Morgan fingerprint density at radius 1 is 1.15 bits per heavy atom. The van der Waals surface area contributed by atoms with E-state index in [-0.39, 0.29) is 23.6 Å². The molecule has 0 aromatic heterocycles. The van der Waals surface area contributed by atoms with Crippen LogP contribution in [0.5, 0.6) is 0 Å². The minimum Gasteiger partial charge on any atom is -0.383 e. The number of carbonyl (C=O) groups excluding carboxylic acids is 1.